The molecule has 0 saturated carbocycles. The van der Waals surface area contributed by atoms with E-state index in [1.54, 1.807) is 23.1 Å². The fourth-order valence-electron chi connectivity index (χ4n) is 1.73. The molecule has 0 saturated heterocycles. The van der Waals surface area contributed by atoms with Crippen LogP contribution in [0.5, 0.6) is 0 Å². The van der Waals surface area contributed by atoms with E-state index in [1.165, 1.54) is 6.33 Å². The Balaban J connectivity index is 2.11. The lowest BCUT2D eigenvalue weighted by Crippen LogP contribution is -2.16. The van der Waals surface area contributed by atoms with Gasteiger partial charge in [-0.1, -0.05) is 19.1 Å². The molecule has 0 aliphatic heterocycles. The van der Waals surface area contributed by atoms with Crippen molar-refractivity contribution in [3.05, 3.63) is 42.5 Å². The lowest BCUT2D eigenvalue weighted by atomic mass is 10.2. The molecule has 0 aliphatic carbocycles. The standard InChI is InChI=1S/C12H16N4O2S/c1-2-6-19(17,18)15-12-5-3-4-11(7-12)8-16-10-13-9-14-16/h3-5,7,9-10,15H,2,6,8H2,1H3. The van der Waals surface area contributed by atoms with Gasteiger partial charge in [0, 0.05) is 5.69 Å². The molecule has 0 spiro atoms. The summed E-state index contributed by atoms with van der Waals surface area (Å²) in [6.45, 7) is 2.39. The highest BCUT2D eigenvalue weighted by Gasteiger charge is 2.08. The summed E-state index contributed by atoms with van der Waals surface area (Å²) in [5, 5.41) is 4.01. The van der Waals surface area contributed by atoms with Crippen molar-refractivity contribution in [3.8, 4) is 0 Å². The van der Waals surface area contributed by atoms with Crippen molar-refractivity contribution in [2.45, 2.75) is 19.9 Å². The van der Waals surface area contributed by atoms with Crippen LogP contribution in [0.4, 0.5) is 5.69 Å². The zero-order valence-corrected chi connectivity index (χ0v) is 11.5. The molecule has 0 amide bonds. The maximum Gasteiger partial charge on any atom is 0.232 e. The third kappa shape index (κ3) is 4.06. The van der Waals surface area contributed by atoms with Crippen LogP contribution in [0.25, 0.3) is 0 Å². The van der Waals surface area contributed by atoms with E-state index in [9.17, 15) is 8.42 Å². The van der Waals surface area contributed by atoms with Gasteiger partial charge in [0.1, 0.15) is 12.7 Å². The average Bonchev–Trinajstić information content (AvgIpc) is 2.81. The van der Waals surface area contributed by atoms with Crippen molar-refractivity contribution >= 4 is 15.7 Å². The van der Waals surface area contributed by atoms with Gasteiger partial charge in [0.25, 0.3) is 0 Å². The zero-order valence-electron chi connectivity index (χ0n) is 10.7. The second-order valence-electron chi connectivity index (χ2n) is 4.21. The van der Waals surface area contributed by atoms with E-state index in [1.807, 2.05) is 19.1 Å². The fraction of sp³-hybridized carbons (Fsp3) is 0.333. The lowest BCUT2D eigenvalue weighted by Gasteiger charge is -2.08. The minimum Gasteiger partial charge on any atom is -0.284 e. The van der Waals surface area contributed by atoms with Gasteiger partial charge in [0.05, 0.1) is 12.3 Å². The monoisotopic (exact) mass is 280 g/mol. The van der Waals surface area contributed by atoms with Crippen molar-refractivity contribution in [2.75, 3.05) is 10.5 Å². The molecule has 1 heterocycles. The molecule has 0 radical (unpaired) electrons. The third-order valence-electron chi connectivity index (χ3n) is 2.48. The maximum absolute atomic E-state index is 11.7. The normalized spacial score (nSPS) is 11.4. The summed E-state index contributed by atoms with van der Waals surface area (Å²) in [5.41, 5.74) is 1.54. The van der Waals surface area contributed by atoms with Gasteiger partial charge < -0.3 is 0 Å². The highest BCUT2D eigenvalue weighted by molar-refractivity contribution is 7.92. The first-order chi connectivity index (χ1) is 9.09. The number of benzene rings is 1. The Bertz CT molecular complexity index is 623. The summed E-state index contributed by atoms with van der Waals surface area (Å²) in [6.07, 6.45) is 3.68. The summed E-state index contributed by atoms with van der Waals surface area (Å²) in [7, 11) is -3.25. The molecular weight excluding hydrogens is 264 g/mol. The van der Waals surface area contributed by atoms with Crippen LogP contribution >= 0.6 is 0 Å². The first kappa shape index (κ1) is 13.5. The summed E-state index contributed by atoms with van der Waals surface area (Å²) in [4.78, 5) is 3.86. The number of nitrogens with one attached hydrogen (secondary N) is 1. The predicted molar refractivity (Wildman–Crippen MR) is 73.3 cm³/mol. The van der Waals surface area contributed by atoms with Crippen LogP contribution in [0.2, 0.25) is 0 Å². The van der Waals surface area contributed by atoms with Gasteiger partial charge in [-0.2, -0.15) is 5.10 Å². The molecule has 0 fully saturated rings. The van der Waals surface area contributed by atoms with Crippen molar-refractivity contribution in [1.82, 2.24) is 14.8 Å². The van der Waals surface area contributed by atoms with Gasteiger partial charge in [-0.25, -0.2) is 18.1 Å². The Hall–Kier alpha value is -1.89. The van der Waals surface area contributed by atoms with Gasteiger partial charge in [0.15, 0.2) is 0 Å². The number of nitrogens with zero attached hydrogens (tertiary/aromatic N) is 3. The lowest BCUT2D eigenvalue weighted by molar-refractivity contribution is 0.600. The molecule has 1 aromatic carbocycles. The van der Waals surface area contributed by atoms with Crippen molar-refractivity contribution < 1.29 is 8.42 Å². The number of anilines is 1. The quantitative estimate of drug-likeness (QED) is 0.869. The number of aromatic nitrogens is 3. The second kappa shape index (κ2) is 5.83. The average molecular weight is 280 g/mol. The molecule has 19 heavy (non-hydrogen) atoms. The van der Waals surface area contributed by atoms with Crippen LogP contribution in [0.1, 0.15) is 18.9 Å². The number of hydrogen-bond acceptors (Lipinski definition) is 4. The third-order valence-corrected chi connectivity index (χ3v) is 3.98. The summed E-state index contributed by atoms with van der Waals surface area (Å²) in [5.74, 6) is 0.125. The Labute approximate surface area is 112 Å². The highest BCUT2D eigenvalue weighted by atomic mass is 32.2. The Morgan fingerprint density at radius 1 is 1.37 bits per heavy atom. The van der Waals surface area contributed by atoms with Gasteiger partial charge in [-0.05, 0) is 24.1 Å². The largest absolute Gasteiger partial charge is 0.284 e. The Morgan fingerprint density at radius 3 is 2.89 bits per heavy atom. The Kier molecular flexibility index (Phi) is 4.16. The minimum atomic E-state index is -3.25. The molecule has 1 N–H and O–H groups in total. The first-order valence-corrected chi connectivity index (χ1v) is 7.66. The van der Waals surface area contributed by atoms with Crippen LogP contribution in [-0.2, 0) is 16.6 Å². The van der Waals surface area contributed by atoms with Crippen LogP contribution in [-0.4, -0.2) is 28.9 Å². The number of hydrogen-bond donors (Lipinski definition) is 1. The van der Waals surface area contributed by atoms with E-state index in [0.717, 1.165) is 5.56 Å². The molecule has 6 nitrogen and oxygen atoms in total. The molecule has 102 valence electrons. The fourth-order valence-corrected chi connectivity index (χ4v) is 2.86. The molecule has 0 unspecified atom stereocenters. The molecule has 0 atom stereocenters. The van der Waals surface area contributed by atoms with E-state index < -0.39 is 10.0 Å². The minimum absolute atomic E-state index is 0.125. The van der Waals surface area contributed by atoms with Crippen LogP contribution < -0.4 is 4.72 Å². The first-order valence-electron chi connectivity index (χ1n) is 6.01. The van der Waals surface area contributed by atoms with E-state index >= 15 is 0 Å². The molecule has 1 aromatic heterocycles. The van der Waals surface area contributed by atoms with Crippen molar-refractivity contribution in [2.24, 2.45) is 0 Å². The second-order valence-corrected chi connectivity index (χ2v) is 6.06. The molecule has 2 aromatic rings. The van der Waals surface area contributed by atoms with E-state index in [2.05, 4.69) is 14.8 Å². The number of sulfonamides is 1. The van der Waals surface area contributed by atoms with Gasteiger partial charge in [-0.15, -0.1) is 0 Å². The summed E-state index contributed by atoms with van der Waals surface area (Å²) in [6, 6.07) is 7.27. The molecule has 0 bridgehead atoms. The van der Waals surface area contributed by atoms with Gasteiger partial charge >= 0.3 is 0 Å². The van der Waals surface area contributed by atoms with Crippen molar-refractivity contribution in [3.63, 3.8) is 0 Å². The SMILES string of the molecule is CCCS(=O)(=O)Nc1cccc(Cn2cncn2)c1. The van der Waals surface area contributed by atoms with E-state index in [-0.39, 0.29) is 5.75 Å². The number of rotatable bonds is 6. The van der Waals surface area contributed by atoms with E-state index in [0.29, 0.717) is 18.7 Å². The van der Waals surface area contributed by atoms with Gasteiger partial charge in [0.2, 0.25) is 10.0 Å². The van der Waals surface area contributed by atoms with Crippen LogP contribution in [0.15, 0.2) is 36.9 Å². The van der Waals surface area contributed by atoms with Gasteiger partial charge in [-0.3, -0.25) is 4.72 Å². The summed E-state index contributed by atoms with van der Waals surface area (Å²) < 4.78 is 27.6. The summed E-state index contributed by atoms with van der Waals surface area (Å²) >= 11 is 0. The zero-order chi connectivity index (χ0) is 13.7. The predicted octanol–water partition coefficient (Wildman–Crippen LogP) is 1.48. The van der Waals surface area contributed by atoms with Crippen LogP contribution in [0.3, 0.4) is 0 Å². The highest BCUT2D eigenvalue weighted by Crippen LogP contribution is 2.13. The maximum atomic E-state index is 11.7. The molecule has 0 aliphatic rings. The van der Waals surface area contributed by atoms with E-state index in [4.69, 9.17) is 0 Å². The molecule has 2 rings (SSSR count). The molecular formula is C12H16N4O2S. The smallest absolute Gasteiger partial charge is 0.232 e. The van der Waals surface area contributed by atoms with Crippen molar-refractivity contribution in [1.29, 1.82) is 0 Å². The van der Waals surface area contributed by atoms with Crippen LogP contribution in [0, 0.1) is 0 Å². The Morgan fingerprint density at radius 2 is 2.21 bits per heavy atom. The molecule has 7 heteroatoms. The topological polar surface area (TPSA) is 76.9 Å².